The Morgan fingerprint density at radius 2 is 2.04 bits per heavy atom. The van der Waals surface area contributed by atoms with E-state index >= 15 is 0 Å². The minimum atomic E-state index is -0.175. The predicted octanol–water partition coefficient (Wildman–Crippen LogP) is 4.64. The molecule has 2 aliphatic rings. The quantitative estimate of drug-likeness (QED) is 0.774. The third-order valence-electron chi connectivity index (χ3n) is 5.41. The summed E-state index contributed by atoms with van der Waals surface area (Å²) in [4.78, 5) is 16.8. The molecule has 0 spiro atoms. The molecule has 0 amide bonds. The van der Waals surface area contributed by atoms with Crippen LogP contribution in [0.15, 0.2) is 35.4 Å². The van der Waals surface area contributed by atoms with Gasteiger partial charge >= 0.3 is 0 Å². The molecule has 4 heteroatoms. The fourth-order valence-electron chi connectivity index (χ4n) is 4.48. The Balaban J connectivity index is 1.99. The van der Waals surface area contributed by atoms with Gasteiger partial charge in [-0.15, -0.1) is 0 Å². The molecule has 0 saturated carbocycles. The summed E-state index contributed by atoms with van der Waals surface area (Å²) in [7, 11) is 0. The van der Waals surface area contributed by atoms with Gasteiger partial charge in [-0.3, -0.25) is 9.89 Å². The highest BCUT2D eigenvalue weighted by atomic mass is 16.1. The van der Waals surface area contributed by atoms with Crippen LogP contribution < -0.4 is 0 Å². The highest BCUT2D eigenvalue weighted by Crippen LogP contribution is 2.50. The van der Waals surface area contributed by atoms with Crippen LogP contribution in [0.3, 0.4) is 0 Å². The number of hydrogen-bond acceptors (Lipinski definition) is 2. The predicted molar refractivity (Wildman–Crippen MR) is 96.6 cm³/mol. The average molecular weight is 331 g/mol. The first-order chi connectivity index (χ1) is 11.9. The summed E-state index contributed by atoms with van der Waals surface area (Å²) in [5.74, 6) is 0.0497. The number of H-pyrrole nitrogens is 1. The number of aromatic amines is 1. The Hall–Kier alpha value is -2.67. The van der Waals surface area contributed by atoms with Crippen LogP contribution in [0.1, 0.15) is 55.1 Å². The third kappa shape index (κ3) is 2.42. The summed E-state index contributed by atoms with van der Waals surface area (Å²) in [5, 5.41) is 7.60. The number of rotatable bonds is 1. The van der Waals surface area contributed by atoms with Crippen LogP contribution >= 0.6 is 0 Å². The van der Waals surface area contributed by atoms with Crippen molar-refractivity contribution in [3.05, 3.63) is 69.3 Å². The lowest BCUT2D eigenvalue weighted by Crippen LogP contribution is -2.32. The summed E-state index contributed by atoms with van der Waals surface area (Å²) >= 11 is 0. The molecule has 1 aromatic carbocycles. The van der Waals surface area contributed by atoms with Crippen molar-refractivity contribution in [1.82, 2.24) is 10.2 Å². The molecule has 25 heavy (non-hydrogen) atoms. The highest BCUT2D eigenvalue weighted by Gasteiger charge is 2.42. The molecule has 4 nitrogen and oxygen atoms in total. The van der Waals surface area contributed by atoms with Gasteiger partial charge in [0.15, 0.2) is 11.5 Å². The van der Waals surface area contributed by atoms with E-state index in [1.807, 2.05) is 31.2 Å². The number of ketones is 1. The molecule has 2 aliphatic carbocycles. The Morgan fingerprint density at radius 1 is 1.28 bits per heavy atom. The molecule has 1 N–H and O–H groups in total. The van der Waals surface area contributed by atoms with Crippen LogP contribution in [0.2, 0.25) is 0 Å². The number of carbonyl (C=O) groups excluding carboxylic acids is 1. The van der Waals surface area contributed by atoms with Crippen molar-refractivity contribution in [1.29, 1.82) is 0 Å². The average Bonchev–Trinajstić information content (AvgIpc) is 2.92. The van der Waals surface area contributed by atoms with Gasteiger partial charge in [-0.25, -0.2) is 4.85 Å². The zero-order valence-corrected chi connectivity index (χ0v) is 14.8. The van der Waals surface area contributed by atoms with E-state index in [4.69, 9.17) is 6.57 Å². The largest absolute Gasteiger partial charge is 0.294 e. The highest BCUT2D eigenvalue weighted by molar-refractivity contribution is 6.00. The molecule has 0 aliphatic heterocycles. The number of aryl methyl sites for hydroxylation is 1. The lowest BCUT2D eigenvalue weighted by molar-refractivity contribution is -0.118. The van der Waals surface area contributed by atoms with Gasteiger partial charge in [0.05, 0.1) is 12.3 Å². The fourth-order valence-corrected chi connectivity index (χ4v) is 4.48. The van der Waals surface area contributed by atoms with Crippen molar-refractivity contribution in [3.8, 4) is 0 Å². The normalized spacial score (nSPS) is 21.5. The van der Waals surface area contributed by atoms with Gasteiger partial charge in [-0.2, -0.15) is 5.10 Å². The smallest absolute Gasteiger partial charge is 0.191 e. The summed E-state index contributed by atoms with van der Waals surface area (Å²) < 4.78 is 0. The van der Waals surface area contributed by atoms with Crippen LogP contribution in [0.5, 0.6) is 0 Å². The first-order valence-electron chi connectivity index (χ1n) is 8.66. The maximum atomic E-state index is 13.1. The van der Waals surface area contributed by atoms with Crippen LogP contribution in [0, 0.1) is 18.9 Å². The summed E-state index contributed by atoms with van der Waals surface area (Å²) in [6, 6.07) is 7.65. The van der Waals surface area contributed by atoms with Crippen molar-refractivity contribution in [3.63, 3.8) is 0 Å². The molecule has 126 valence electrons. The molecule has 0 radical (unpaired) electrons. The van der Waals surface area contributed by atoms with Crippen molar-refractivity contribution in [2.45, 2.75) is 46.0 Å². The lowest BCUT2D eigenvalue weighted by Gasteiger charge is -2.38. The number of hydrogen-bond donors (Lipinski definition) is 1. The molecule has 1 atom stereocenters. The van der Waals surface area contributed by atoms with Gasteiger partial charge in [-0.05, 0) is 24.3 Å². The molecule has 2 aromatic rings. The van der Waals surface area contributed by atoms with Gasteiger partial charge in [0.1, 0.15) is 0 Å². The van der Waals surface area contributed by atoms with Crippen LogP contribution in [0.4, 0.5) is 5.69 Å². The zero-order valence-electron chi connectivity index (χ0n) is 14.8. The second-order valence-electron chi connectivity index (χ2n) is 7.95. The fraction of sp³-hybridized carbons (Fsp3) is 0.381. The number of aromatic nitrogens is 2. The van der Waals surface area contributed by atoms with Crippen LogP contribution in [0.25, 0.3) is 4.85 Å². The maximum absolute atomic E-state index is 13.1. The first-order valence-corrected chi connectivity index (χ1v) is 8.66. The number of benzene rings is 1. The van der Waals surface area contributed by atoms with Crippen LogP contribution in [-0.4, -0.2) is 16.0 Å². The monoisotopic (exact) mass is 331 g/mol. The van der Waals surface area contributed by atoms with E-state index in [9.17, 15) is 4.79 Å². The van der Waals surface area contributed by atoms with E-state index in [0.29, 0.717) is 12.1 Å². The van der Waals surface area contributed by atoms with Gasteiger partial charge < -0.3 is 0 Å². The van der Waals surface area contributed by atoms with Crippen molar-refractivity contribution >= 4 is 11.5 Å². The number of allylic oxidation sites excluding steroid dienone is 2. The number of para-hydroxylation sites is 1. The topological polar surface area (TPSA) is 50.1 Å². The van der Waals surface area contributed by atoms with E-state index in [1.165, 1.54) is 5.57 Å². The first kappa shape index (κ1) is 15.8. The summed E-state index contributed by atoms with van der Waals surface area (Å²) in [6.45, 7) is 13.9. The van der Waals surface area contributed by atoms with Crippen molar-refractivity contribution in [2.75, 3.05) is 0 Å². The molecule has 0 unspecified atom stereocenters. The molecule has 0 bridgehead atoms. The lowest BCUT2D eigenvalue weighted by atomic mass is 9.65. The van der Waals surface area contributed by atoms with Crippen LogP contribution in [-0.2, 0) is 11.2 Å². The molecular weight excluding hydrogens is 310 g/mol. The van der Waals surface area contributed by atoms with Crippen molar-refractivity contribution in [2.24, 2.45) is 5.41 Å². The molecule has 4 rings (SSSR count). The summed E-state index contributed by atoms with van der Waals surface area (Å²) in [6.07, 6.45) is 2.21. The molecular formula is C21H21N3O. The second-order valence-corrected chi connectivity index (χ2v) is 7.95. The Labute approximate surface area is 147 Å². The standard InChI is InChI=1S/C21H21N3O/c1-12-18-16(24-23-12)9-13-10-21(2,3)11-17(25)19(13)20(18)14-7-5-6-8-15(14)22-4/h5-8,20H,9-11H2,1-3H3,(H,23,24)/t20-/m1/s1. The Bertz CT molecular complexity index is 956. The van der Waals surface area contributed by atoms with E-state index in [0.717, 1.165) is 40.9 Å². The molecule has 1 aromatic heterocycles. The van der Waals surface area contributed by atoms with Crippen molar-refractivity contribution < 1.29 is 4.79 Å². The molecule has 0 saturated heterocycles. The van der Waals surface area contributed by atoms with Gasteiger partial charge in [-0.1, -0.05) is 43.7 Å². The zero-order chi connectivity index (χ0) is 17.8. The molecule has 0 fully saturated rings. The minimum absolute atomic E-state index is 0.0113. The van der Waals surface area contributed by atoms with E-state index in [1.54, 1.807) is 0 Å². The van der Waals surface area contributed by atoms with E-state index < -0.39 is 0 Å². The Kier molecular flexibility index (Phi) is 3.43. The third-order valence-corrected chi connectivity index (χ3v) is 5.41. The maximum Gasteiger partial charge on any atom is 0.191 e. The second kappa shape index (κ2) is 5.42. The minimum Gasteiger partial charge on any atom is -0.294 e. The van der Waals surface area contributed by atoms with Gasteiger partial charge in [0, 0.05) is 35.6 Å². The number of carbonyl (C=O) groups is 1. The molecule has 1 heterocycles. The number of nitrogens with one attached hydrogen (secondary N) is 1. The SMILES string of the molecule is [C-]#[N+]c1ccccc1[C@H]1C2=C(Cc3n[nH]c(C)c31)CC(C)(C)CC2=O. The van der Waals surface area contributed by atoms with Gasteiger partial charge in [0.2, 0.25) is 0 Å². The summed E-state index contributed by atoms with van der Waals surface area (Å²) in [5.41, 5.74) is 6.73. The Morgan fingerprint density at radius 3 is 2.80 bits per heavy atom. The number of Topliss-reactive ketones (excluding diaryl/α,β-unsaturated/α-hetero) is 1. The number of fused-ring (bicyclic) bond motifs is 1. The number of nitrogens with zero attached hydrogens (tertiary/aromatic N) is 2. The van der Waals surface area contributed by atoms with E-state index in [2.05, 4.69) is 28.9 Å². The van der Waals surface area contributed by atoms with Gasteiger partial charge in [0.25, 0.3) is 0 Å². The van der Waals surface area contributed by atoms with E-state index in [-0.39, 0.29) is 17.1 Å².